The van der Waals surface area contributed by atoms with Gasteiger partial charge in [-0.25, -0.2) is 0 Å². The molecule has 0 aliphatic heterocycles. The van der Waals surface area contributed by atoms with E-state index in [1.165, 1.54) is 18.2 Å². The average molecular weight is 493 g/mol. The van der Waals surface area contributed by atoms with Gasteiger partial charge in [0.15, 0.2) is 11.6 Å². The first kappa shape index (κ1) is 24.1. The summed E-state index contributed by atoms with van der Waals surface area (Å²) >= 11 is 0. The molecule has 2 fully saturated rings. The van der Waals surface area contributed by atoms with Crippen LogP contribution in [0, 0.1) is 29.6 Å². The van der Waals surface area contributed by atoms with Crippen LogP contribution in [0.15, 0.2) is 36.4 Å². The van der Waals surface area contributed by atoms with Crippen LogP contribution in [0.3, 0.4) is 0 Å². The number of carbonyl (C=O) groups excluding carboxylic acids is 4. The zero-order valence-corrected chi connectivity index (χ0v) is 19.9. The zero-order chi connectivity index (χ0) is 26.0. The number of aromatic hydroxyl groups is 2. The fourth-order valence-electron chi connectivity index (χ4n) is 6.74. The number of Topliss-reactive ketones (excluding diaryl/α,β-unsaturated/α-hetero) is 3. The van der Waals surface area contributed by atoms with E-state index in [4.69, 9.17) is 5.73 Å². The summed E-state index contributed by atoms with van der Waals surface area (Å²) in [6, 6.07) is 8.79. The minimum Gasteiger partial charge on any atom is -0.508 e. The van der Waals surface area contributed by atoms with Crippen molar-refractivity contribution >= 4 is 23.3 Å². The number of rotatable bonds is 3. The van der Waals surface area contributed by atoms with Crippen LogP contribution in [-0.4, -0.2) is 69.7 Å². The van der Waals surface area contributed by atoms with Gasteiger partial charge in [-0.15, -0.1) is 0 Å². The van der Waals surface area contributed by atoms with Crippen molar-refractivity contribution in [2.75, 3.05) is 14.1 Å². The predicted molar refractivity (Wildman–Crippen MR) is 128 cm³/mol. The normalized spacial score (nSPS) is 31.6. The highest BCUT2D eigenvalue weighted by Crippen LogP contribution is 2.51. The maximum atomic E-state index is 13.8. The van der Waals surface area contributed by atoms with Crippen LogP contribution in [0.5, 0.6) is 11.5 Å². The SMILES string of the molecule is CN(C)C1C(=O)C(C(N)=O)C(O)C2C(=O)C3C(=O)c4c(O)ccc(-c5ccc(O)cc5)c4CC3CC21. The molecule has 0 spiro atoms. The zero-order valence-electron chi connectivity index (χ0n) is 19.9. The standard InChI is InChI=1S/C27H28N2O7/c1-29(2)22-16-10-12-9-15-14(11-3-5-13(30)6-4-11)7-8-17(31)19(15)23(32)18(12)24(33)20(16)25(34)21(26(22)35)27(28)36/h3-8,12,16,18,20-22,25,30-31,34H,9-10H2,1-2H3,(H2,28,36). The Hall–Kier alpha value is -3.56. The molecule has 5 rings (SSSR count). The van der Waals surface area contributed by atoms with Crippen molar-refractivity contribution in [2.24, 2.45) is 35.3 Å². The molecule has 0 bridgehead atoms. The average Bonchev–Trinajstić information content (AvgIpc) is 2.79. The van der Waals surface area contributed by atoms with E-state index < -0.39 is 65.0 Å². The molecule has 2 saturated carbocycles. The largest absolute Gasteiger partial charge is 0.508 e. The van der Waals surface area contributed by atoms with Gasteiger partial charge in [-0.1, -0.05) is 18.2 Å². The summed E-state index contributed by atoms with van der Waals surface area (Å²) in [6.07, 6.45) is -0.973. The Kier molecular flexibility index (Phi) is 5.72. The van der Waals surface area contributed by atoms with Crippen molar-refractivity contribution in [1.29, 1.82) is 0 Å². The number of aliphatic hydroxyl groups is 1. The number of nitrogens with zero attached hydrogens (tertiary/aromatic N) is 1. The number of aliphatic hydroxyl groups excluding tert-OH is 1. The smallest absolute Gasteiger partial charge is 0.230 e. The van der Waals surface area contributed by atoms with Gasteiger partial charge in [0.25, 0.3) is 0 Å². The van der Waals surface area contributed by atoms with Gasteiger partial charge in [0.1, 0.15) is 23.2 Å². The van der Waals surface area contributed by atoms with Crippen molar-refractivity contribution in [3.05, 3.63) is 47.5 Å². The first-order valence-electron chi connectivity index (χ1n) is 11.9. The predicted octanol–water partition coefficient (Wildman–Crippen LogP) is 0.917. The van der Waals surface area contributed by atoms with Gasteiger partial charge in [-0.3, -0.25) is 24.1 Å². The number of primary amides is 1. The lowest BCUT2D eigenvalue weighted by atomic mass is 9.54. The van der Waals surface area contributed by atoms with Crippen LogP contribution >= 0.6 is 0 Å². The minimum atomic E-state index is -1.60. The maximum Gasteiger partial charge on any atom is 0.230 e. The molecule has 0 saturated heterocycles. The summed E-state index contributed by atoms with van der Waals surface area (Å²) in [5, 5.41) is 31.3. The third-order valence-corrected chi connectivity index (χ3v) is 8.18. The molecule has 36 heavy (non-hydrogen) atoms. The molecule has 7 atom stereocenters. The first-order valence-corrected chi connectivity index (χ1v) is 11.9. The first-order chi connectivity index (χ1) is 17.0. The molecule has 3 aliphatic carbocycles. The van der Waals surface area contributed by atoms with Gasteiger partial charge >= 0.3 is 0 Å². The second-order valence-corrected chi connectivity index (χ2v) is 10.3. The Morgan fingerprint density at radius 1 is 1.00 bits per heavy atom. The van der Waals surface area contributed by atoms with Crippen LogP contribution in [0.25, 0.3) is 11.1 Å². The Labute approximate surface area is 207 Å². The summed E-state index contributed by atoms with van der Waals surface area (Å²) in [4.78, 5) is 54.4. The molecule has 2 aromatic carbocycles. The fourth-order valence-corrected chi connectivity index (χ4v) is 6.74. The van der Waals surface area contributed by atoms with Gasteiger partial charge in [0.05, 0.1) is 29.5 Å². The fraction of sp³-hybridized carbons (Fsp3) is 0.407. The van der Waals surface area contributed by atoms with E-state index >= 15 is 0 Å². The molecule has 0 aromatic heterocycles. The number of hydrogen-bond donors (Lipinski definition) is 4. The van der Waals surface area contributed by atoms with E-state index in [-0.39, 0.29) is 17.1 Å². The molecule has 0 heterocycles. The highest BCUT2D eigenvalue weighted by Gasteiger charge is 2.61. The molecular weight excluding hydrogens is 464 g/mol. The third-order valence-electron chi connectivity index (χ3n) is 8.18. The maximum absolute atomic E-state index is 13.8. The van der Waals surface area contributed by atoms with E-state index in [9.17, 15) is 34.5 Å². The monoisotopic (exact) mass is 492 g/mol. The van der Waals surface area contributed by atoms with Crippen LogP contribution in [0.1, 0.15) is 22.3 Å². The molecule has 188 valence electrons. The van der Waals surface area contributed by atoms with E-state index in [1.54, 1.807) is 37.2 Å². The number of likely N-dealkylation sites (N-methyl/N-ethyl adjacent to an activating group) is 1. The number of phenols is 2. The summed E-state index contributed by atoms with van der Waals surface area (Å²) < 4.78 is 0. The Bertz CT molecular complexity index is 1290. The van der Waals surface area contributed by atoms with Crippen molar-refractivity contribution < 1.29 is 34.5 Å². The molecule has 9 nitrogen and oxygen atoms in total. The summed E-state index contributed by atoms with van der Waals surface area (Å²) in [5.74, 6) is -7.44. The van der Waals surface area contributed by atoms with Crippen molar-refractivity contribution in [1.82, 2.24) is 4.90 Å². The Morgan fingerprint density at radius 2 is 1.67 bits per heavy atom. The summed E-state index contributed by atoms with van der Waals surface area (Å²) in [6.45, 7) is 0. The molecule has 3 aliphatic rings. The van der Waals surface area contributed by atoms with Crippen LogP contribution in [-0.2, 0) is 20.8 Å². The Balaban J connectivity index is 1.61. The number of hydrogen-bond acceptors (Lipinski definition) is 8. The van der Waals surface area contributed by atoms with E-state index in [0.29, 0.717) is 24.0 Å². The highest BCUT2D eigenvalue weighted by molar-refractivity contribution is 6.16. The second-order valence-electron chi connectivity index (χ2n) is 10.3. The molecule has 1 amide bonds. The minimum absolute atomic E-state index is 0.0746. The van der Waals surface area contributed by atoms with E-state index in [1.807, 2.05) is 0 Å². The number of fused-ring (bicyclic) bond motifs is 3. The van der Waals surface area contributed by atoms with Crippen LogP contribution in [0.2, 0.25) is 0 Å². The van der Waals surface area contributed by atoms with Gasteiger partial charge in [-0.05, 0) is 73.7 Å². The molecule has 2 aromatic rings. The van der Waals surface area contributed by atoms with Gasteiger partial charge in [0.2, 0.25) is 5.91 Å². The van der Waals surface area contributed by atoms with Gasteiger partial charge in [-0.2, -0.15) is 0 Å². The number of carbonyl (C=O) groups is 4. The lowest BCUT2D eigenvalue weighted by molar-refractivity contribution is -0.162. The molecule has 7 unspecified atom stereocenters. The summed E-state index contributed by atoms with van der Waals surface area (Å²) in [7, 11) is 3.35. The van der Waals surface area contributed by atoms with Crippen LogP contribution < -0.4 is 5.73 Å². The number of amides is 1. The van der Waals surface area contributed by atoms with Gasteiger partial charge in [0, 0.05) is 0 Å². The number of ketones is 3. The lowest BCUT2D eigenvalue weighted by Gasteiger charge is -2.51. The lowest BCUT2D eigenvalue weighted by Crippen LogP contribution is -2.66. The van der Waals surface area contributed by atoms with Gasteiger partial charge < -0.3 is 21.1 Å². The number of phenolic OH excluding ortho intramolecular Hbond substituents is 2. The Morgan fingerprint density at radius 3 is 2.28 bits per heavy atom. The van der Waals surface area contributed by atoms with E-state index in [2.05, 4.69) is 0 Å². The molecule has 9 heteroatoms. The molecule has 5 N–H and O–H groups in total. The topological polar surface area (TPSA) is 158 Å². The summed E-state index contributed by atoms with van der Waals surface area (Å²) in [5.41, 5.74) is 7.57. The van der Waals surface area contributed by atoms with Crippen molar-refractivity contribution in [3.63, 3.8) is 0 Å². The van der Waals surface area contributed by atoms with Crippen molar-refractivity contribution in [2.45, 2.75) is 25.0 Å². The van der Waals surface area contributed by atoms with Crippen molar-refractivity contribution in [3.8, 4) is 22.6 Å². The quantitative estimate of drug-likeness (QED) is 0.461. The molecular formula is C27H28N2O7. The second kappa shape index (κ2) is 8.53. The van der Waals surface area contributed by atoms with Crippen LogP contribution in [0.4, 0.5) is 0 Å². The van der Waals surface area contributed by atoms with E-state index in [0.717, 1.165) is 5.56 Å². The number of benzene rings is 2. The highest BCUT2D eigenvalue weighted by atomic mass is 16.3. The molecule has 0 radical (unpaired) electrons. The number of nitrogens with two attached hydrogens (primary N) is 1. The third kappa shape index (κ3) is 3.45.